The molecule has 0 amide bonds. The summed E-state index contributed by atoms with van der Waals surface area (Å²) in [4.78, 5) is 15.3. The summed E-state index contributed by atoms with van der Waals surface area (Å²) < 4.78 is 10.7. The molecule has 0 saturated heterocycles. The number of nitrogens with zero attached hydrogens (tertiary/aromatic N) is 1. The van der Waals surface area contributed by atoms with Crippen molar-refractivity contribution in [3.05, 3.63) is 53.7 Å². The lowest BCUT2D eigenvalue weighted by Crippen LogP contribution is -2.00. The molecule has 2 rings (SSSR count). The Kier molecular flexibility index (Phi) is 4.71. The number of hydrogen-bond donors (Lipinski definition) is 0. The molecule has 0 fully saturated rings. The second kappa shape index (κ2) is 6.70. The van der Waals surface area contributed by atoms with Crippen LogP contribution < -0.4 is 9.47 Å². The minimum atomic E-state index is 0.152. The summed E-state index contributed by atoms with van der Waals surface area (Å²) in [6, 6.07) is 13.1. The summed E-state index contributed by atoms with van der Waals surface area (Å²) in [6.07, 6.45) is 0.456. The van der Waals surface area contributed by atoms with Gasteiger partial charge >= 0.3 is 0 Å². The van der Waals surface area contributed by atoms with Gasteiger partial charge in [-0.1, -0.05) is 18.2 Å². The summed E-state index contributed by atoms with van der Waals surface area (Å²) in [7, 11) is 1.58. The van der Waals surface area contributed by atoms with Gasteiger partial charge in [0.15, 0.2) is 0 Å². The van der Waals surface area contributed by atoms with Gasteiger partial charge in [-0.25, -0.2) is 4.98 Å². The molecule has 0 aliphatic carbocycles. The van der Waals surface area contributed by atoms with Crippen molar-refractivity contribution in [2.45, 2.75) is 20.0 Å². The summed E-state index contributed by atoms with van der Waals surface area (Å²) in [5, 5.41) is 0. The number of benzene rings is 1. The SMILES string of the molecule is COc1cccc(COc2ccc(CC(C)=O)cc2)n1. The van der Waals surface area contributed by atoms with Gasteiger partial charge in [0.1, 0.15) is 18.1 Å². The van der Waals surface area contributed by atoms with Crippen molar-refractivity contribution in [1.82, 2.24) is 4.98 Å². The smallest absolute Gasteiger partial charge is 0.213 e. The van der Waals surface area contributed by atoms with Crippen LogP contribution in [0.2, 0.25) is 0 Å². The Morgan fingerprint density at radius 3 is 2.55 bits per heavy atom. The molecule has 1 aromatic carbocycles. The fraction of sp³-hybridized carbons (Fsp3) is 0.250. The van der Waals surface area contributed by atoms with Crippen molar-refractivity contribution in [2.75, 3.05) is 7.11 Å². The van der Waals surface area contributed by atoms with Crippen LogP contribution in [0, 0.1) is 0 Å². The predicted molar refractivity (Wildman–Crippen MR) is 75.9 cm³/mol. The van der Waals surface area contributed by atoms with E-state index < -0.39 is 0 Å². The quantitative estimate of drug-likeness (QED) is 0.810. The summed E-state index contributed by atoms with van der Waals surface area (Å²) in [6.45, 7) is 1.96. The molecule has 0 atom stereocenters. The molecule has 0 radical (unpaired) electrons. The van der Waals surface area contributed by atoms with E-state index >= 15 is 0 Å². The van der Waals surface area contributed by atoms with Crippen molar-refractivity contribution in [2.24, 2.45) is 0 Å². The summed E-state index contributed by atoms with van der Waals surface area (Å²) in [5.74, 6) is 1.48. The number of carbonyl (C=O) groups is 1. The number of pyridine rings is 1. The van der Waals surface area contributed by atoms with Gasteiger partial charge in [-0.15, -0.1) is 0 Å². The third-order valence-electron chi connectivity index (χ3n) is 2.75. The zero-order chi connectivity index (χ0) is 14.4. The van der Waals surface area contributed by atoms with E-state index in [2.05, 4.69) is 4.98 Å². The number of rotatable bonds is 6. The maximum Gasteiger partial charge on any atom is 0.213 e. The van der Waals surface area contributed by atoms with Crippen LogP contribution in [0.3, 0.4) is 0 Å². The molecule has 1 aromatic heterocycles. The lowest BCUT2D eigenvalue weighted by molar-refractivity contribution is -0.116. The molecule has 0 saturated carbocycles. The average molecular weight is 271 g/mol. The summed E-state index contributed by atoms with van der Waals surface area (Å²) in [5.41, 5.74) is 1.79. The average Bonchev–Trinajstić information content (AvgIpc) is 2.46. The fourth-order valence-corrected chi connectivity index (χ4v) is 1.80. The van der Waals surface area contributed by atoms with Crippen molar-refractivity contribution >= 4 is 5.78 Å². The highest BCUT2D eigenvalue weighted by Gasteiger charge is 2.01. The van der Waals surface area contributed by atoms with Crippen LogP contribution in [0.15, 0.2) is 42.5 Å². The van der Waals surface area contributed by atoms with E-state index in [1.807, 2.05) is 36.4 Å². The molecule has 1 heterocycles. The first-order chi connectivity index (χ1) is 9.67. The van der Waals surface area contributed by atoms with E-state index in [1.165, 1.54) is 0 Å². The number of carbonyl (C=O) groups excluding carboxylic acids is 1. The second-order valence-corrected chi connectivity index (χ2v) is 4.48. The minimum absolute atomic E-state index is 0.152. The third kappa shape index (κ3) is 4.09. The van der Waals surface area contributed by atoms with E-state index in [0.717, 1.165) is 17.0 Å². The maximum absolute atomic E-state index is 11.0. The zero-order valence-corrected chi connectivity index (χ0v) is 11.6. The van der Waals surface area contributed by atoms with E-state index in [1.54, 1.807) is 20.1 Å². The number of ketones is 1. The number of methoxy groups -OCH3 is 1. The predicted octanol–water partition coefficient (Wildman–Crippen LogP) is 2.80. The van der Waals surface area contributed by atoms with Crippen molar-refractivity contribution in [1.29, 1.82) is 0 Å². The van der Waals surface area contributed by atoms with Crippen LogP contribution in [-0.2, 0) is 17.8 Å². The van der Waals surface area contributed by atoms with Crippen LogP contribution in [0.25, 0.3) is 0 Å². The molecule has 4 heteroatoms. The Bertz CT molecular complexity index is 579. The molecule has 0 spiro atoms. The van der Waals surface area contributed by atoms with E-state index in [9.17, 15) is 4.79 Å². The molecule has 0 N–H and O–H groups in total. The number of hydrogen-bond acceptors (Lipinski definition) is 4. The first-order valence-corrected chi connectivity index (χ1v) is 6.38. The second-order valence-electron chi connectivity index (χ2n) is 4.48. The summed E-state index contributed by atoms with van der Waals surface area (Å²) >= 11 is 0. The zero-order valence-electron chi connectivity index (χ0n) is 11.6. The molecular formula is C16H17NO3. The largest absolute Gasteiger partial charge is 0.487 e. The Hall–Kier alpha value is -2.36. The molecule has 104 valence electrons. The topological polar surface area (TPSA) is 48.4 Å². The van der Waals surface area contributed by atoms with Crippen LogP contribution in [0.4, 0.5) is 0 Å². The highest BCUT2D eigenvalue weighted by molar-refractivity contribution is 5.78. The van der Waals surface area contributed by atoms with Crippen molar-refractivity contribution in [3.63, 3.8) is 0 Å². The third-order valence-corrected chi connectivity index (χ3v) is 2.75. The van der Waals surface area contributed by atoms with Crippen LogP contribution in [0.1, 0.15) is 18.2 Å². The van der Waals surface area contributed by atoms with Gasteiger partial charge in [-0.2, -0.15) is 0 Å². The molecule has 2 aromatic rings. The van der Waals surface area contributed by atoms with Gasteiger partial charge in [0.05, 0.1) is 12.8 Å². The number of ether oxygens (including phenoxy) is 2. The molecule has 4 nitrogen and oxygen atoms in total. The molecule has 0 bridgehead atoms. The molecule has 0 aliphatic rings. The van der Waals surface area contributed by atoms with Gasteiger partial charge in [0, 0.05) is 12.5 Å². The number of Topliss-reactive ketones (excluding diaryl/α,β-unsaturated/α-hetero) is 1. The van der Waals surface area contributed by atoms with Gasteiger partial charge < -0.3 is 9.47 Å². The Morgan fingerprint density at radius 2 is 1.90 bits per heavy atom. The molecule has 0 aliphatic heterocycles. The van der Waals surface area contributed by atoms with Crippen LogP contribution in [0.5, 0.6) is 11.6 Å². The number of aromatic nitrogens is 1. The van der Waals surface area contributed by atoms with Crippen molar-refractivity contribution in [3.8, 4) is 11.6 Å². The van der Waals surface area contributed by atoms with Gasteiger partial charge in [0.25, 0.3) is 0 Å². The lowest BCUT2D eigenvalue weighted by atomic mass is 10.1. The molecular weight excluding hydrogens is 254 g/mol. The Labute approximate surface area is 118 Å². The van der Waals surface area contributed by atoms with Gasteiger partial charge in [-0.3, -0.25) is 4.79 Å². The van der Waals surface area contributed by atoms with Gasteiger partial charge in [0.2, 0.25) is 5.88 Å². The first-order valence-electron chi connectivity index (χ1n) is 6.38. The Balaban J connectivity index is 1.94. The fourth-order valence-electron chi connectivity index (χ4n) is 1.80. The first kappa shape index (κ1) is 14.1. The van der Waals surface area contributed by atoms with E-state index in [0.29, 0.717) is 18.9 Å². The molecule has 0 unspecified atom stereocenters. The standard InChI is InChI=1S/C16H17NO3/c1-12(18)10-13-6-8-15(9-7-13)20-11-14-4-3-5-16(17-14)19-2/h3-9H,10-11H2,1-2H3. The highest BCUT2D eigenvalue weighted by Crippen LogP contribution is 2.15. The van der Waals surface area contributed by atoms with Crippen molar-refractivity contribution < 1.29 is 14.3 Å². The highest BCUT2D eigenvalue weighted by atomic mass is 16.5. The molecule has 20 heavy (non-hydrogen) atoms. The maximum atomic E-state index is 11.0. The van der Waals surface area contributed by atoms with Gasteiger partial charge in [-0.05, 0) is 30.7 Å². The monoisotopic (exact) mass is 271 g/mol. The van der Waals surface area contributed by atoms with E-state index in [-0.39, 0.29) is 5.78 Å². The van der Waals surface area contributed by atoms with Crippen LogP contribution >= 0.6 is 0 Å². The lowest BCUT2D eigenvalue weighted by Gasteiger charge is -2.07. The Morgan fingerprint density at radius 1 is 1.15 bits per heavy atom. The van der Waals surface area contributed by atoms with E-state index in [4.69, 9.17) is 9.47 Å². The van der Waals surface area contributed by atoms with Crippen LogP contribution in [-0.4, -0.2) is 17.9 Å². The minimum Gasteiger partial charge on any atom is -0.487 e. The normalized spacial score (nSPS) is 10.1.